The van der Waals surface area contributed by atoms with Crippen molar-refractivity contribution in [3.05, 3.63) is 138 Å². The zero-order valence-electron chi connectivity index (χ0n) is 17.9. The third kappa shape index (κ3) is 4.17. The van der Waals surface area contributed by atoms with E-state index in [-0.39, 0.29) is 10.6 Å². The summed E-state index contributed by atoms with van der Waals surface area (Å²) in [4.78, 5) is 11.6. The molecule has 0 aliphatic rings. The molecule has 0 aliphatic carbocycles. The summed E-state index contributed by atoms with van der Waals surface area (Å²) in [6.07, 6.45) is 0. The van der Waals surface area contributed by atoms with Crippen LogP contribution in [0.3, 0.4) is 0 Å². The van der Waals surface area contributed by atoms with Gasteiger partial charge in [-0.2, -0.15) is 0 Å². The SMILES string of the molecule is O=[N+]([O-])c1cc(-c2ccccc2-c2ccccc2)cc(-c2ccccc2-c2ccccc2)c1. The van der Waals surface area contributed by atoms with Crippen LogP contribution in [0.25, 0.3) is 44.5 Å². The van der Waals surface area contributed by atoms with Crippen molar-refractivity contribution in [2.45, 2.75) is 0 Å². The Kier molecular flexibility index (Phi) is 5.52. The van der Waals surface area contributed by atoms with E-state index in [1.165, 1.54) is 0 Å². The van der Waals surface area contributed by atoms with Gasteiger partial charge >= 0.3 is 0 Å². The maximum absolute atomic E-state index is 11.9. The maximum atomic E-state index is 11.9. The van der Waals surface area contributed by atoms with Gasteiger partial charge in [0.25, 0.3) is 5.69 Å². The van der Waals surface area contributed by atoms with Crippen molar-refractivity contribution in [3.8, 4) is 44.5 Å². The molecule has 0 bridgehead atoms. The van der Waals surface area contributed by atoms with E-state index in [9.17, 15) is 10.1 Å². The van der Waals surface area contributed by atoms with Crippen LogP contribution in [0.2, 0.25) is 0 Å². The summed E-state index contributed by atoms with van der Waals surface area (Å²) in [6.45, 7) is 0. The molecule has 5 aromatic carbocycles. The molecule has 0 saturated heterocycles. The highest BCUT2D eigenvalue weighted by molar-refractivity contribution is 5.90. The van der Waals surface area contributed by atoms with Crippen molar-refractivity contribution in [1.82, 2.24) is 0 Å². The average Bonchev–Trinajstić information content (AvgIpc) is 2.89. The van der Waals surface area contributed by atoms with Crippen molar-refractivity contribution in [3.63, 3.8) is 0 Å². The molecule has 3 heteroatoms. The highest BCUT2D eigenvalue weighted by Gasteiger charge is 2.16. The Hall–Kier alpha value is -4.50. The van der Waals surface area contributed by atoms with Gasteiger partial charge in [-0.05, 0) is 50.6 Å². The average molecular weight is 428 g/mol. The molecule has 5 rings (SSSR count). The Morgan fingerprint density at radius 2 is 0.758 bits per heavy atom. The molecule has 0 heterocycles. The Bertz CT molecular complexity index is 1330. The van der Waals surface area contributed by atoms with Crippen molar-refractivity contribution in [2.75, 3.05) is 0 Å². The van der Waals surface area contributed by atoms with Crippen LogP contribution in [0, 0.1) is 10.1 Å². The first-order chi connectivity index (χ1) is 16.2. The van der Waals surface area contributed by atoms with E-state index >= 15 is 0 Å². The Morgan fingerprint density at radius 3 is 1.12 bits per heavy atom. The highest BCUT2D eigenvalue weighted by Crippen LogP contribution is 2.39. The van der Waals surface area contributed by atoms with Gasteiger partial charge in [0.2, 0.25) is 0 Å². The summed E-state index contributed by atoms with van der Waals surface area (Å²) >= 11 is 0. The Labute approximate surface area is 192 Å². The molecular formula is C30H21NO2. The van der Waals surface area contributed by atoms with Gasteiger partial charge < -0.3 is 0 Å². The van der Waals surface area contributed by atoms with Crippen LogP contribution in [0.15, 0.2) is 127 Å². The lowest BCUT2D eigenvalue weighted by Gasteiger charge is -2.14. The molecule has 158 valence electrons. The van der Waals surface area contributed by atoms with Crippen LogP contribution in [0.5, 0.6) is 0 Å². The van der Waals surface area contributed by atoms with Gasteiger partial charge in [0.15, 0.2) is 0 Å². The topological polar surface area (TPSA) is 43.1 Å². The summed E-state index contributed by atoms with van der Waals surface area (Å²) in [5.41, 5.74) is 7.88. The van der Waals surface area contributed by atoms with E-state index in [0.29, 0.717) is 0 Å². The van der Waals surface area contributed by atoms with Crippen molar-refractivity contribution in [2.24, 2.45) is 0 Å². The fraction of sp³-hybridized carbons (Fsp3) is 0. The normalized spacial score (nSPS) is 10.7. The molecule has 0 spiro atoms. The number of nitro benzene ring substituents is 1. The predicted octanol–water partition coefficient (Wildman–Crippen LogP) is 8.26. The van der Waals surface area contributed by atoms with E-state index < -0.39 is 0 Å². The molecule has 3 nitrogen and oxygen atoms in total. The number of non-ortho nitro benzene ring substituents is 1. The van der Waals surface area contributed by atoms with E-state index in [2.05, 4.69) is 42.5 Å². The molecule has 0 radical (unpaired) electrons. The summed E-state index contributed by atoms with van der Waals surface area (Å²) in [5.74, 6) is 0. The van der Waals surface area contributed by atoms with Crippen LogP contribution in [0.4, 0.5) is 5.69 Å². The molecule has 5 aromatic rings. The van der Waals surface area contributed by atoms with Crippen LogP contribution in [0.1, 0.15) is 0 Å². The zero-order valence-corrected chi connectivity index (χ0v) is 17.9. The van der Waals surface area contributed by atoms with Gasteiger partial charge in [0.1, 0.15) is 0 Å². The van der Waals surface area contributed by atoms with Gasteiger partial charge in [0, 0.05) is 12.1 Å². The zero-order chi connectivity index (χ0) is 22.6. The van der Waals surface area contributed by atoms with Crippen LogP contribution < -0.4 is 0 Å². The van der Waals surface area contributed by atoms with E-state index in [4.69, 9.17) is 0 Å². The Morgan fingerprint density at radius 1 is 0.424 bits per heavy atom. The molecular weight excluding hydrogens is 406 g/mol. The monoisotopic (exact) mass is 427 g/mol. The molecule has 0 saturated carbocycles. The third-order valence-corrected chi connectivity index (χ3v) is 5.77. The fourth-order valence-electron chi connectivity index (χ4n) is 4.24. The number of hydrogen-bond donors (Lipinski definition) is 0. The third-order valence-electron chi connectivity index (χ3n) is 5.77. The highest BCUT2D eigenvalue weighted by atomic mass is 16.6. The smallest absolute Gasteiger partial charge is 0.258 e. The van der Waals surface area contributed by atoms with Crippen molar-refractivity contribution >= 4 is 5.69 Å². The molecule has 0 atom stereocenters. The van der Waals surface area contributed by atoms with Gasteiger partial charge in [-0.1, -0.05) is 109 Å². The predicted molar refractivity (Wildman–Crippen MR) is 135 cm³/mol. The molecule has 0 N–H and O–H groups in total. The number of rotatable bonds is 5. The van der Waals surface area contributed by atoms with E-state index in [0.717, 1.165) is 44.5 Å². The number of nitro groups is 1. The minimum Gasteiger partial charge on any atom is -0.258 e. The largest absolute Gasteiger partial charge is 0.270 e. The molecule has 0 aromatic heterocycles. The summed E-state index contributed by atoms with van der Waals surface area (Å²) in [6, 6.07) is 41.7. The molecule has 33 heavy (non-hydrogen) atoms. The number of benzene rings is 5. The second-order valence-electron chi connectivity index (χ2n) is 7.85. The first-order valence-corrected chi connectivity index (χ1v) is 10.8. The summed E-state index contributed by atoms with van der Waals surface area (Å²) in [7, 11) is 0. The first-order valence-electron chi connectivity index (χ1n) is 10.8. The lowest BCUT2D eigenvalue weighted by Crippen LogP contribution is -1.93. The summed E-state index contributed by atoms with van der Waals surface area (Å²) < 4.78 is 0. The van der Waals surface area contributed by atoms with Crippen molar-refractivity contribution in [1.29, 1.82) is 0 Å². The van der Waals surface area contributed by atoms with Crippen LogP contribution in [-0.2, 0) is 0 Å². The molecule has 0 amide bonds. The second kappa shape index (κ2) is 8.93. The maximum Gasteiger partial charge on any atom is 0.270 e. The van der Waals surface area contributed by atoms with E-state index in [1.54, 1.807) is 12.1 Å². The van der Waals surface area contributed by atoms with Crippen LogP contribution in [-0.4, -0.2) is 4.92 Å². The molecule has 0 fully saturated rings. The fourth-order valence-corrected chi connectivity index (χ4v) is 4.24. The Balaban J connectivity index is 1.73. The van der Waals surface area contributed by atoms with E-state index in [1.807, 2.05) is 72.8 Å². The minimum atomic E-state index is -0.316. The first kappa shape index (κ1) is 20.4. The lowest BCUT2D eigenvalue weighted by molar-refractivity contribution is -0.384. The van der Waals surface area contributed by atoms with Crippen molar-refractivity contribution < 1.29 is 4.92 Å². The number of hydrogen-bond acceptors (Lipinski definition) is 2. The quantitative estimate of drug-likeness (QED) is 0.209. The number of nitrogens with zero attached hydrogens (tertiary/aromatic N) is 1. The molecule has 0 unspecified atom stereocenters. The van der Waals surface area contributed by atoms with Crippen LogP contribution >= 0.6 is 0 Å². The minimum absolute atomic E-state index is 0.0771. The lowest BCUT2D eigenvalue weighted by atomic mass is 9.90. The molecule has 0 aliphatic heterocycles. The van der Waals surface area contributed by atoms with Gasteiger partial charge in [-0.15, -0.1) is 0 Å². The standard InChI is InChI=1S/C30H21NO2/c32-31(33)26-20-24(29-17-9-7-15-27(29)22-11-3-1-4-12-22)19-25(21-26)30-18-10-8-16-28(30)23-13-5-2-6-14-23/h1-21H. The second-order valence-corrected chi connectivity index (χ2v) is 7.85. The van der Waals surface area contributed by atoms with Gasteiger partial charge in [-0.3, -0.25) is 10.1 Å². The van der Waals surface area contributed by atoms with Gasteiger partial charge in [0.05, 0.1) is 4.92 Å². The van der Waals surface area contributed by atoms with Gasteiger partial charge in [-0.25, -0.2) is 0 Å². The summed E-state index contributed by atoms with van der Waals surface area (Å²) in [5, 5.41) is 11.9.